The minimum Gasteiger partial charge on any atom is -0.377 e. The first-order valence-corrected chi connectivity index (χ1v) is 11.3. The standard InChI is InChI=1S/C22H35N5O7/c1-27-16-17(15-20(27)28)22(30)25-6-8-32-10-12-34-14-13-33-11-9-31-7-5-24-19-4-2-3-18(26-19)21(23)29/h2-4,17H,5-16H2,1H3,(H2,23,29)(H,24,26)(H,25,30). The SMILES string of the molecule is CN1CC(C(=O)NCCOCCOCCOCCOCCNc2cccc(C(N)=O)n2)CC1=O. The first-order valence-electron chi connectivity index (χ1n) is 11.3. The van der Waals surface area contributed by atoms with E-state index in [0.717, 1.165) is 0 Å². The molecule has 12 heteroatoms. The van der Waals surface area contributed by atoms with E-state index in [1.807, 2.05) is 0 Å². The van der Waals surface area contributed by atoms with E-state index in [1.165, 1.54) is 0 Å². The Balaban J connectivity index is 1.31. The van der Waals surface area contributed by atoms with Gasteiger partial charge in [0.25, 0.3) is 5.91 Å². The van der Waals surface area contributed by atoms with E-state index in [1.54, 1.807) is 30.1 Å². The number of nitrogens with one attached hydrogen (secondary N) is 2. The highest BCUT2D eigenvalue weighted by Gasteiger charge is 2.31. The number of amides is 3. The van der Waals surface area contributed by atoms with Gasteiger partial charge in [0.05, 0.1) is 58.8 Å². The number of rotatable bonds is 18. The van der Waals surface area contributed by atoms with Crippen molar-refractivity contribution in [3.63, 3.8) is 0 Å². The number of nitrogens with zero attached hydrogens (tertiary/aromatic N) is 2. The van der Waals surface area contributed by atoms with Crippen LogP contribution in [0.3, 0.4) is 0 Å². The number of likely N-dealkylation sites (tertiary alicyclic amines) is 1. The largest absolute Gasteiger partial charge is 0.377 e. The summed E-state index contributed by atoms with van der Waals surface area (Å²) in [6.07, 6.45) is 0.273. The van der Waals surface area contributed by atoms with E-state index in [2.05, 4.69) is 15.6 Å². The van der Waals surface area contributed by atoms with E-state index in [4.69, 9.17) is 24.7 Å². The molecule has 0 spiro atoms. The molecule has 0 aliphatic carbocycles. The molecule has 4 N–H and O–H groups in total. The summed E-state index contributed by atoms with van der Waals surface area (Å²) < 4.78 is 21.7. The Morgan fingerprint density at radius 1 is 1.00 bits per heavy atom. The third-order valence-corrected chi connectivity index (χ3v) is 4.93. The molecule has 0 bridgehead atoms. The van der Waals surface area contributed by atoms with Crippen molar-refractivity contribution in [1.29, 1.82) is 0 Å². The number of nitrogens with two attached hydrogens (primary N) is 1. The number of anilines is 1. The van der Waals surface area contributed by atoms with E-state index in [0.29, 0.717) is 78.3 Å². The smallest absolute Gasteiger partial charge is 0.267 e. The van der Waals surface area contributed by atoms with E-state index in [-0.39, 0.29) is 29.8 Å². The number of carbonyl (C=O) groups is 3. The third-order valence-electron chi connectivity index (χ3n) is 4.93. The summed E-state index contributed by atoms with van der Waals surface area (Å²) in [6.45, 7) is 4.95. The first kappa shape index (κ1) is 27.4. The van der Waals surface area contributed by atoms with Gasteiger partial charge in [0.2, 0.25) is 11.8 Å². The average molecular weight is 482 g/mol. The highest BCUT2D eigenvalue weighted by molar-refractivity contribution is 5.91. The third kappa shape index (κ3) is 10.9. The van der Waals surface area contributed by atoms with E-state index >= 15 is 0 Å². The van der Waals surface area contributed by atoms with Crippen molar-refractivity contribution in [3.05, 3.63) is 23.9 Å². The molecule has 2 heterocycles. The summed E-state index contributed by atoms with van der Waals surface area (Å²) in [5.74, 6) is -0.380. The molecule has 1 unspecified atom stereocenters. The van der Waals surface area contributed by atoms with Crippen LogP contribution in [-0.2, 0) is 28.5 Å². The van der Waals surface area contributed by atoms with E-state index < -0.39 is 5.91 Å². The zero-order valence-electron chi connectivity index (χ0n) is 19.6. The van der Waals surface area contributed by atoms with Gasteiger partial charge < -0.3 is 40.2 Å². The van der Waals surface area contributed by atoms with Crippen molar-refractivity contribution in [1.82, 2.24) is 15.2 Å². The van der Waals surface area contributed by atoms with Gasteiger partial charge in [-0.25, -0.2) is 4.98 Å². The molecule has 1 fully saturated rings. The lowest BCUT2D eigenvalue weighted by molar-refractivity contribution is -0.128. The fourth-order valence-electron chi connectivity index (χ4n) is 3.11. The first-order chi connectivity index (χ1) is 16.5. The topological polar surface area (TPSA) is 154 Å². The highest BCUT2D eigenvalue weighted by Crippen LogP contribution is 2.15. The van der Waals surface area contributed by atoms with Crippen LogP contribution in [0.15, 0.2) is 18.2 Å². The van der Waals surface area contributed by atoms with Gasteiger partial charge in [-0.15, -0.1) is 0 Å². The quantitative estimate of drug-likeness (QED) is 0.230. The lowest BCUT2D eigenvalue weighted by Gasteiger charge is -2.11. The molecular weight excluding hydrogens is 446 g/mol. The van der Waals surface area contributed by atoms with Crippen LogP contribution in [0.4, 0.5) is 5.82 Å². The zero-order chi connectivity index (χ0) is 24.6. The van der Waals surface area contributed by atoms with Crippen molar-refractivity contribution in [2.45, 2.75) is 6.42 Å². The second-order valence-electron chi connectivity index (χ2n) is 7.61. The van der Waals surface area contributed by atoms with Gasteiger partial charge in [0.1, 0.15) is 11.5 Å². The number of carbonyl (C=O) groups excluding carboxylic acids is 3. The Morgan fingerprint density at radius 3 is 2.15 bits per heavy atom. The van der Waals surface area contributed by atoms with Crippen LogP contribution in [-0.4, -0.2) is 107 Å². The van der Waals surface area contributed by atoms with Gasteiger partial charge in [-0.1, -0.05) is 6.07 Å². The van der Waals surface area contributed by atoms with Crippen LogP contribution >= 0.6 is 0 Å². The van der Waals surface area contributed by atoms with Gasteiger partial charge in [0.15, 0.2) is 0 Å². The molecule has 1 saturated heterocycles. The summed E-state index contributed by atoms with van der Waals surface area (Å²) in [4.78, 5) is 40.1. The molecule has 1 aliphatic heterocycles. The van der Waals surface area contributed by atoms with Crippen molar-refractivity contribution in [2.75, 3.05) is 84.9 Å². The second kappa shape index (κ2) is 15.9. The monoisotopic (exact) mass is 481 g/mol. The number of aromatic nitrogens is 1. The molecule has 3 amide bonds. The Kier molecular flexibility index (Phi) is 12.9. The number of hydrogen-bond donors (Lipinski definition) is 3. The lowest BCUT2D eigenvalue weighted by atomic mass is 10.1. The van der Waals surface area contributed by atoms with Crippen LogP contribution in [0.1, 0.15) is 16.9 Å². The number of pyridine rings is 1. The molecule has 0 saturated carbocycles. The minimum absolute atomic E-state index is 0.00129. The van der Waals surface area contributed by atoms with Crippen molar-refractivity contribution in [3.8, 4) is 0 Å². The van der Waals surface area contributed by atoms with Gasteiger partial charge >= 0.3 is 0 Å². The number of primary amides is 1. The van der Waals surface area contributed by atoms with Crippen molar-refractivity contribution in [2.24, 2.45) is 11.7 Å². The molecule has 190 valence electrons. The molecular formula is C22H35N5O7. The number of hydrogen-bond acceptors (Lipinski definition) is 9. The fourth-order valence-corrected chi connectivity index (χ4v) is 3.11. The average Bonchev–Trinajstić information content (AvgIpc) is 3.17. The van der Waals surface area contributed by atoms with Crippen molar-refractivity contribution >= 4 is 23.5 Å². The number of ether oxygens (including phenoxy) is 4. The summed E-state index contributed by atoms with van der Waals surface area (Å²) in [5, 5.41) is 5.84. The molecule has 0 aromatic carbocycles. The predicted molar refractivity (Wildman–Crippen MR) is 123 cm³/mol. The summed E-state index contributed by atoms with van der Waals surface area (Å²) in [6, 6.07) is 5.01. The van der Waals surface area contributed by atoms with Crippen LogP contribution in [0.5, 0.6) is 0 Å². The van der Waals surface area contributed by atoms with Crippen molar-refractivity contribution < 1.29 is 33.3 Å². The molecule has 34 heavy (non-hydrogen) atoms. The maximum absolute atomic E-state index is 11.9. The van der Waals surface area contributed by atoms with Crippen LogP contribution in [0.2, 0.25) is 0 Å². The molecule has 0 radical (unpaired) electrons. The molecule has 1 aromatic heterocycles. The molecule has 12 nitrogen and oxygen atoms in total. The minimum atomic E-state index is -0.567. The zero-order valence-corrected chi connectivity index (χ0v) is 19.6. The van der Waals surface area contributed by atoms with E-state index in [9.17, 15) is 14.4 Å². The van der Waals surface area contributed by atoms with Gasteiger partial charge in [-0.05, 0) is 12.1 Å². The molecule has 2 rings (SSSR count). The maximum atomic E-state index is 11.9. The Labute approximate surface area is 199 Å². The maximum Gasteiger partial charge on any atom is 0.267 e. The summed E-state index contributed by atoms with van der Waals surface area (Å²) >= 11 is 0. The normalized spacial score (nSPS) is 15.5. The Morgan fingerprint density at radius 2 is 1.59 bits per heavy atom. The molecule has 1 aromatic rings. The van der Waals surface area contributed by atoms with Gasteiger partial charge in [0, 0.05) is 33.1 Å². The second-order valence-corrected chi connectivity index (χ2v) is 7.61. The molecule has 1 atom stereocenters. The van der Waals surface area contributed by atoms with Crippen LogP contribution in [0.25, 0.3) is 0 Å². The Bertz CT molecular complexity index is 780. The predicted octanol–water partition coefficient (Wildman–Crippen LogP) is -0.747. The van der Waals surface area contributed by atoms with Gasteiger partial charge in [-0.2, -0.15) is 0 Å². The lowest BCUT2D eigenvalue weighted by Crippen LogP contribution is -2.34. The molecule has 1 aliphatic rings. The summed E-state index contributed by atoms with van der Waals surface area (Å²) in [7, 11) is 1.70. The van der Waals surface area contributed by atoms with Gasteiger partial charge in [-0.3, -0.25) is 14.4 Å². The highest BCUT2D eigenvalue weighted by atomic mass is 16.6. The Hall–Kier alpha value is -2.80. The fraction of sp³-hybridized carbons (Fsp3) is 0.636. The van der Waals surface area contributed by atoms with Crippen LogP contribution in [0, 0.1) is 5.92 Å². The summed E-state index contributed by atoms with van der Waals surface area (Å²) in [5.41, 5.74) is 5.41. The van der Waals surface area contributed by atoms with Crippen LogP contribution < -0.4 is 16.4 Å².